The Morgan fingerprint density at radius 3 is 2.64 bits per heavy atom. The van der Waals surface area contributed by atoms with Crippen LogP contribution >= 0.6 is 11.8 Å². The quantitative estimate of drug-likeness (QED) is 0.364. The number of carbonyl (C=O) groups excluding carboxylic acids is 3. The molecule has 146 valence electrons. The molecule has 3 atom stereocenters. The Morgan fingerprint density at radius 1 is 1.39 bits per heavy atom. The fourth-order valence-electron chi connectivity index (χ4n) is 3.23. The van der Waals surface area contributed by atoms with Gasteiger partial charge in [0.25, 0.3) is 5.91 Å². The molecule has 0 aromatic heterocycles. The fraction of sp³-hybridized carbons (Fsp3) is 0.471. The molecule has 0 radical (unpaired) electrons. The number of halogens is 1. The summed E-state index contributed by atoms with van der Waals surface area (Å²) < 4.78 is 22.9. The molecule has 8 nitrogen and oxygen atoms in total. The van der Waals surface area contributed by atoms with Gasteiger partial charge in [0.05, 0.1) is 19.1 Å². The molecule has 3 rings (SSSR count). The molecule has 11 heteroatoms. The number of thioether (sulfide) groups is 1. The Morgan fingerprint density at radius 2 is 2.07 bits per heavy atom. The van der Waals surface area contributed by atoms with Crippen molar-refractivity contribution < 1.29 is 84.7 Å². The number of nitrogens with zero attached hydrogens (tertiary/aromatic N) is 1. The summed E-state index contributed by atoms with van der Waals surface area (Å²) in [5.41, 5.74) is 0. The van der Waals surface area contributed by atoms with Crippen molar-refractivity contribution in [2.24, 2.45) is 0 Å². The van der Waals surface area contributed by atoms with Gasteiger partial charge >= 0.3 is 51.4 Å². The van der Waals surface area contributed by atoms with E-state index in [2.05, 4.69) is 5.32 Å². The number of hydrogen-bond acceptors (Lipinski definition) is 7. The van der Waals surface area contributed by atoms with Crippen LogP contribution in [0.1, 0.15) is 13.8 Å². The number of fused-ring (bicyclic) bond motifs is 1. The molecule has 2 aliphatic rings. The number of carboxylic acids is 1. The maximum Gasteiger partial charge on any atom is 1.00 e. The number of rotatable bonds is 6. The third-order valence-corrected chi connectivity index (χ3v) is 6.05. The first kappa shape index (κ1) is 23.4. The summed E-state index contributed by atoms with van der Waals surface area (Å²) in [5.74, 6) is -2.81. The van der Waals surface area contributed by atoms with E-state index in [0.29, 0.717) is 0 Å². The van der Waals surface area contributed by atoms with E-state index in [0.717, 1.165) is 6.07 Å². The Balaban J connectivity index is 0.00000280. The minimum Gasteiger partial charge on any atom is -0.548 e. The molecule has 2 saturated heterocycles. The van der Waals surface area contributed by atoms with Gasteiger partial charge in [-0.15, -0.1) is 11.8 Å². The van der Waals surface area contributed by atoms with Gasteiger partial charge in [0.2, 0.25) is 5.91 Å². The summed E-state index contributed by atoms with van der Waals surface area (Å²) in [6.45, 7) is 3.01. The van der Waals surface area contributed by atoms with Crippen LogP contribution in [0, 0.1) is 5.82 Å². The molecule has 1 N–H and O–H groups in total. The van der Waals surface area contributed by atoms with Gasteiger partial charge in [0.15, 0.2) is 18.2 Å². The summed E-state index contributed by atoms with van der Waals surface area (Å²) >= 11 is 1.29. The Hall–Kier alpha value is -0.854. The Labute approximate surface area is 207 Å². The van der Waals surface area contributed by atoms with Crippen LogP contribution in [0.25, 0.3) is 0 Å². The van der Waals surface area contributed by atoms with Gasteiger partial charge in [-0.3, -0.25) is 9.59 Å². The molecule has 28 heavy (non-hydrogen) atoms. The SMILES string of the molecule is COc1ccc(OCC(=O)NC2C(=O)N3C2SC(C)(C)C3C(=O)[O-])cc1F.[K+]. The van der Waals surface area contributed by atoms with Crippen LogP contribution in [0.2, 0.25) is 0 Å². The second kappa shape index (κ2) is 8.88. The number of methoxy groups -OCH3 is 1. The van der Waals surface area contributed by atoms with Crippen molar-refractivity contribution in [2.45, 2.75) is 36.1 Å². The average Bonchev–Trinajstić information content (AvgIpc) is 2.86. The Bertz CT molecular complexity index is 808. The smallest absolute Gasteiger partial charge is 0.548 e. The summed E-state index contributed by atoms with van der Waals surface area (Å²) in [7, 11) is 1.33. The zero-order chi connectivity index (χ0) is 19.9. The van der Waals surface area contributed by atoms with Crippen molar-refractivity contribution in [3.8, 4) is 11.5 Å². The largest absolute Gasteiger partial charge is 1.00 e. The molecule has 0 saturated carbocycles. The number of aliphatic carboxylic acids is 1. The number of amides is 2. The maximum atomic E-state index is 13.6. The van der Waals surface area contributed by atoms with Gasteiger partial charge in [0, 0.05) is 10.8 Å². The van der Waals surface area contributed by atoms with E-state index in [9.17, 15) is 23.9 Å². The van der Waals surface area contributed by atoms with Crippen LogP contribution in [-0.4, -0.2) is 58.6 Å². The molecule has 3 unspecified atom stereocenters. The van der Waals surface area contributed by atoms with Crippen molar-refractivity contribution in [3.05, 3.63) is 24.0 Å². The number of nitrogens with one attached hydrogen (secondary N) is 1. The van der Waals surface area contributed by atoms with E-state index < -0.39 is 52.4 Å². The van der Waals surface area contributed by atoms with Gasteiger partial charge in [-0.2, -0.15) is 0 Å². The average molecular weight is 437 g/mol. The molecule has 2 heterocycles. The van der Waals surface area contributed by atoms with Gasteiger partial charge in [-0.1, -0.05) is 0 Å². The normalized spacial score (nSPS) is 24.5. The summed E-state index contributed by atoms with van der Waals surface area (Å²) in [6.07, 6.45) is 0. The molecule has 0 spiro atoms. The van der Waals surface area contributed by atoms with Crippen LogP contribution in [0.4, 0.5) is 4.39 Å². The molecular weight excluding hydrogens is 418 g/mol. The van der Waals surface area contributed by atoms with Crippen LogP contribution in [0.5, 0.6) is 11.5 Å². The third-order valence-electron chi connectivity index (χ3n) is 4.47. The molecular formula is C17H18FKN2O6S. The maximum absolute atomic E-state index is 13.6. The summed E-state index contributed by atoms with van der Waals surface area (Å²) in [5, 5.41) is 13.4. The van der Waals surface area contributed by atoms with Crippen molar-refractivity contribution in [1.82, 2.24) is 10.2 Å². The van der Waals surface area contributed by atoms with Crippen molar-refractivity contribution >= 4 is 29.5 Å². The first-order valence-corrected chi connectivity index (χ1v) is 9.00. The second-order valence-corrected chi connectivity index (χ2v) is 8.48. The van der Waals surface area contributed by atoms with Crippen LogP contribution in [-0.2, 0) is 14.4 Å². The first-order valence-electron chi connectivity index (χ1n) is 8.12. The molecule has 0 bridgehead atoms. The van der Waals surface area contributed by atoms with Crippen LogP contribution in [0.15, 0.2) is 18.2 Å². The molecule has 1 aromatic carbocycles. The fourth-order valence-corrected chi connectivity index (χ4v) is 4.85. The van der Waals surface area contributed by atoms with E-state index in [1.807, 2.05) is 0 Å². The van der Waals surface area contributed by atoms with Crippen molar-refractivity contribution in [1.29, 1.82) is 0 Å². The number of ether oxygens (including phenoxy) is 2. The van der Waals surface area contributed by atoms with Crippen LogP contribution in [0.3, 0.4) is 0 Å². The minimum atomic E-state index is -1.32. The topological polar surface area (TPSA) is 108 Å². The number of carboxylic acid groups (broad SMARTS) is 1. The van der Waals surface area contributed by atoms with E-state index in [1.54, 1.807) is 13.8 Å². The minimum absolute atomic E-state index is 0. The molecule has 1 aromatic rings. The van der Waals surface area contributed by atoms with Gasteiger partial charge < -0.3 is 29.6 Å². The van der Waals surface area contributed by atoms with E-state index in [-0.39, 0.29) is 62.9 Å². The molecule has 2 fully saturated rings. The summed E-state index contributed by atoms with van der Waals surface area (Å²) in [6, 6.07) is 2.02. The standard InChI is InChI=1S/C17H19FN2O6S.K/c1-17(2)13(16(23)24)20-14(22)12(15(20)27-17)19-11(21)7-26-8-4-5-10(25-3)9(18)6-8;/h4-6,12-13,15H,7H2,1-3H3,(H,19,21)(H,23,24);/q;+1/p-1. The predicted molar refractivity (Wildman–Crippen MR) is 91.5 cm³/mol. The molecule has 2 aliphatic heterocycles. The zero-order valence-corrected chi connectivity index (χ0v) is 19.8. The number of hydrogen-bond donors (Lipinski definition) is 1. The molecule has 2 amide bonds. The van der Waals surface area contributed by atoms with Gasteiger partial charge in [-0.05, 0) is 26.0 Å². The summed E-state index contributed by atoms with van der Waals surface area (Å²) in [4.78, 5) is 36.9. The monoisotopic (exact) mass is 436 g/mol. The Kier molecular flexibility index (Phi) is 7.43. The van der Waals surface area contributed by atoms with E-state index in [4.69, 9.17) is 9.47 Å². The van der Waals surface area contributed by atoms with Gasteiger partial charge in [-0.25, -0.2) is 4.39 Å². The van der Waals surface area contributed by atoms with E-state index >= 15 is 0 Å². The second-order valence-electron chi connectivity index (χ2n) is 6.71. The zero-order valence-electron chi connectivity index (χ0n) is 15.9. The number of β-lactam (4-membered cyclic amide) rings is 1. The number of carbonyl (C=O) groups is 3. The first-order chi connectivity index (χ1) is 12.7. The predicted octanol–water partition coefficient (Wildman–Crippen LogP) is -3.49. The van der Waals surface area contributed by atoms with E-state index in [1.165, 1.54) is 35.9 Å². The van der Waals surface area contributed by atoms with Crippen molar-refractivity contribution in [2.75, 3.05) is 13.7 Å². The molecule has 0 aliphatic carbocycles. The number of benzene rings is 1. The van der Waals surface area contributed by atoms with Crippen LogP contribution < -0.4 is 71.3 Å². The van der Waals surface area contributed by atoms with Crippen molar-refractivity contribution in [3.63, 3.8) is 0 Å². The van der Waals surface area contributed by atoms with Gasteiger partial charge in [0.1, 0.15) is 17.2 Å². The third kappa shape index (κ3) is 4.34.